The Morgan fingerprint density at radius 3 is 2.71 bits per heavy atom. The lowest BCUT2D eigenvalue weighted by molar-refractivity contribution is 0.541. The highest BCUT2D eigenvalue weighted by atomic mass is 14.5. The molecule has 3 aliphatic carbocycles. The molecular formula is C17H20. The van der Waals surface area contributed by atoms with E-state index in [1.54, 1.807) is 0 Å². The lowest BCUT2D eigenvalue weighted by Crippen LogP contribution is -2.18. The highest BCUT2D eigenvalue weighted by Crippen LogP contribution is 2.53. The molecule has 0 heterocycles. The molecule has 0 aliphatic heterocycles. The van der Waals surface area contributed by atoms with Crippen LogP contribution in [-0.2, 0) is 0 Å². The van der Waals surface area contributed by atoms with Gasteiger partial charge in [0.05, 0.1) is 0 Å². The summed E-state index contributed by atoms with van der Waals surface area (Å²) in [6, 6.07) is 0. The second-order valence-electron chi connectivity index (χ2n) is 4.76. The molecule has 17 heavy (non-hydrogen) atoms. The van der Waals surface area contributed by atoms with Crippen LogP contribution in [-0.4, -0.2) is 0 Å². The second-order valence-corrected chi connectivity index (χ2v) is 4.76. The Morgan fingerprint density at radius 1 is 1.18 bits per heavy atom. The summed E-state index contributed by atoms with van der Waals surface area (Å²) >= 11 is 0. The summed E-state index contributed by atoms with van der Waals surface area (Å²) in [5.74, 6) is 0.513. The summed E-state index contributed by atoms with van der Waals surface area (Å²) in [6.07, 6.45) is 20.3. The van der Waals surface area contributed by atoms with Gasteiger partial charge in [-0.3, -0.25) is 0 Å². The second kappa shape index (κ2) is 4.03. The smallest absolute Gasteiger partial charge is 0.0357 e. The summed E-state index contributed by atoms with van der Waals surface area (Å²) in [5.41, 5.74) is 4.42. The first-order valence-electron chi connectivity index (χ1n) is 5.88. The van der Waals surface area contributed by atoms with Crippen LogP contribution in [0, 0.1) is 11.3 Å². The predicted molar refractivity (Wildman–Crippen MR) is 75.7 cm³/mol. The molecular weight excluding hydrogens is 204 g/mol. The molecule has 2 unspecified atom stereocenters. The van der Waals surface area contributed by atoms with Gasteiger partial charge in [-0.25, -0.2) is 0 Å². The van der Waals surface area contributed by atoms with E-state index in [0.29, 0.717) is 5.92 Å². The molecule has 2 atom stereocenters. The molecule has 88 valence electrons. The SMILES string of the molecule is C.C/C=C\C12C=CC3=CC=CC(C)=C(C=C1)C32. The quantitative estimate of drug-likeness (QED) is 0.564. The van der Waals surface area contributed by atoms with Gasteiger partial charge in [0.2, 0.25) is 0 Å². The van der Waals surface area contributed by atoms with Crippen LogP contribution in [0.4, 0.5) is 0 Å². The van der Waals surface area contributed by atoms with Gasteiger partial charge in [-0.15, -0.1) is 0 Å². The van der Waals surface area contributed by atoms with Crippen LogP contribution in [0.1, 0.15) is 21.3 Å². The van der Waals surface area contributed by atoms with E-state index >= 15 is 0 Å². The molecule has 0 saturated heterocycles. The fourth-order valence-electron chi connectivity index (χ4n) is 3.06. The lowest BCUT2D eigenvalue weighted by Gasteiger charge is -2.25. The first-order valence-corrected chi connectivity index (χ1v) is 5.88. The molecule has 0 aromatic heterocycles. The predicted octanol–water partition coefficient (Wildman–Crippen LogP) is 4.75. The van der Waals surface area contributed by atoms with Gasteiger partial charge < -0.3 is 0 Å². The van der Waals surface area contributed by atoms with Crippen LogP contribution in [0.3, 0.4) is 0 Å². The van der Waals surface area contributed by atoms with Gasteiger partial charge in [-0.1, -0.05) is 62.1 Å². The Balaban J connectivity index is 0.00000108. The Morgan fingerprint density at radius 2 is 1.94 bits per heavy atom. The highest BCUT2D eigenvalue weighted by Gasteiger charge is 2.43. The number of rotatable bonds is 1. The number of hydrogen-bond acceptors (Lipinski definition) is 0. The van der Waals surface area contributed by atoms with Gasteiger partial charge in [-0.2, -0.15) is 0 Å². The van der Waals surface area contributed by atoms with E-state index < -0.39 is 0 Å². The molecule has 3 rings (SSSR count). The van der Waals surface area contributed by atoms with Crippen LogP contribution in [0.5, 0.6) is 0 Å². The Labute approximate surface area is 104 Å². The summed E-state index contributed by atoms with van der Waals surface area (Å²) in [7, 11) is 0. The van der Waals surface area contributed by atoms with E-state index in [-0.39, 0.29) is 12.8 Å². The average Bonchev–Trinajstić information content (AvgIpc) is 2.71. The molecule has 0 aromatic carbocycles. The van der Waals surface area contributed by atoms with Gasteiger partial charge in [0, 0.05) is 11.3 Å². The van der Waals surface area contributed by atoms with E-state index in [1.807, 2.05) is 0 Å². The zero-order valence-electron chi connectivity index (χ0n) is 9.77. The molecule has 0 nitrogen and oxygen atoms in total. The maximum atomic E-state index is 2.34. The highest BCUT2D eigenvalue weighted by molar-refractivity contribution is 5.59. The van der Waals surface area contributed by atoms with E-state index in [0.717, 1.165) is 0 Å². The third-order valence-electron chi connectivity index (χ3n) is 3.81. The molecule has 3 aliphatic rings. The molecule has 0 amide bonds. The Bertz CT molecular complexity index is 506. The van der Waals surface area contributed by atoms with E-state index in [2.05, 4.69) is 68.5 Å². The van der Waals surface area contributed by atoms with Gasteiger partial charge in [-0.05, 0) is 30.6 Å². The van der Waals surface area contributed by atoms with Crippen LogP contribution in [0.2, 0.25) is 0 Å². The maximum Gasteiger partial charge on any atom is 0.0357 e. The Kier molecular flexibility index (Phi) is 2.82. The Hall–Kier alpha value is -1.56. The van der Waals surface area contributed by atoms with E-state index in [4.69, 9.17) is 0 Å². The molecule has 0 fully saturated rings. The standard InChI is InChI=1S/C16H16.CH4/c1-3-9-16-10-7-13-6-4-5-12(2)14(8-11-16)15(13)16;/h3-11,15H,1-2H3;1H4/b9-3-;. The zero-order valence-corrected chi connectivity index (χ0v) is 9.77. The van der Waals surface area contributed by atoms with Crippen LogP contribution in [0.25, 0.3) is 0 Å². The van der Waals surface area contributed by atoms with Crippen molar-refractivity contribution in [1.82, 2.24) is 0 Å². The average molecular weight is 224 g/mol. The van der Waals surface area contributed by atoms with Crippen LogP contribution >= 0.6 is 0 Å². The summed E-state index contributed by atoms with van der Waals surface area (Å²) in [6.45, 7) is 4.30. The summed E-state index contributed by atoms with van der Waals surface area (Å²) < 4.78 is 0. The van der Waals surface area contributed by atoms with Crippen LogP contribution < -0.4 is 0 Å². The molecule has 0 saturated carbocycles. The lowest BCUT2D eigenvalue weighted by atomic mass is 9.77. The van der Waals surface area contributed by atoms with Gasteiger partial charge in [0.1, 0.15) is 0 Å². The molecule has 0 heteroatoms. The van der Waals surface area contributed by atoms with Crippen molar-refractivity contribution in [2.24, 2.45) is 11.3 Å². The minimum Gasteiger partial charge on any atom is -0.0905 e. The van der Waals surface area contributed by atoms with Crippen molar-refractivity contribution in [1.29, 1.82) is 0 Å². The van der Waals surface area contributed by atoms with Crippen molar-refractivity contribution in [2.45, 2.75) is 21.3 Å². The summed E-state index contributed by atoms with van der Waals surface area (Å²) in [4.78, 5) is 0. The minimum atomic E-state index is 0. The van der Waals surface area contributed by atoms with E-state index in [1.165, 1.54) is 16.7 Å². The first-order chi connectivity index (χ1) is 7.77. The fourth-order valence-corrected chi connectivity index (χ4v) is 3.06. The van der Waals surface area contributed by atoms with Gasteiger partial charge >= 0.3 is 0 Å². The zero-order chi connectivity index (χ0) is 11.2. The number of hydrogen-bond donors (Lipinski definition) is 0. The largest absolute Gasteiger partial charge is 0.0905 e. The van der Waals surface area contributed by atoms with Gasteiger partial charge in [0.15, 0.2) is 0 Å². The third kappa shape index (κ3) is 1.51. The van der Waals surface area contributed by atoms with E-state index in [9.17, 15) is 0 Å². The topological polar surface area (TPSA) is 0 Å². The number of allylic oxidation sites excluding steroid dienone is 12. The van der Waals surface area contributed by atoms with Crippen molar-refractivity contribution >= 4 is 0 Å². The van der Waals surface area contributed by atoms with Crippen molar-refractivity contribution < 1.29 is 0 Å². The van der Waals surface area contributed by atoms with Crippen molar-refractivity contribution in [3.63, 3.8) is 0 Å². The fraction of sp³-hybridized carbons (Fsp3) is 0.294. The first kappa shape index (κ1) is 11.9. The third-order valence-corrected chi connectivity index (χ3v) is 3.81. The molecule has 0 radical (unpaired) electrons. The molecule has 0 aromatic rings. The van der Waals surface area contributed by atoms with Crippen molar-refractivity contribution in [2.75, 3.05) is 0 Å². The normalized spacial score (nSPS) is 32.8. The van der Waals surface area contributed by atoms with Crippen LogP contribution in [0.15, 0.2) is 71.4 Å². The molecule has 0 N–H and O–H groups in total. The minimum absolute atomic E-state index is 0. The maximum absolute atomic E-state index is 2.34. The van der Waals surface area contributed by atoms with Gasteiger partial charge in [0.25, 0.3) is 0 Å². The monoisotopic (exact) mass is 224 g/mol. The molecule has 0 spiro atoms. The van der Waals surface area contributed by atoms with Crippen molar-refractivity contribution in [3.8, 4) is 0 Å². The molecule has 0 bridgehead atoms. The van der Waals surface area contributed by atoms with Crippen molar-refractivity contribution in [3.05, 3.63) is 71.4 Å². The summed E-state index contributed by atoms with van der Waals surface area (Å²) in [5, 5.41) is 0.